The first-order valence-corrected chi connectivity index (χ1v) is 28.7. The maximum Gasteiger partial charge on any atom is 0.315 e. The van der Waals surface area contributed by atoms with Crippen LogP contribution < -0.4 is 21.3 Å². The number of carbonyl (C=O) groups is 7. The minimum absolute atomic E-state index is 0.0404. The number of rotatable bonds is 22. The van der Waals surface area contributed by atoms with Gasteiger partial charge in [-0.25, -0.2) is 0 Å². The highest BCUT2D eigenvalue weighted by atomic mass is 28.4. The van der Waals surface area contributed by atoms with Crippen molar-refractivity contribution in [2.45, 2.75) is 174 Å². The van der Waals surface area contributed by atoms with Gasteiger partial charge in [-0.3, -0.25) is 33.6 Å². The van der Waals surface area contributed by atoms with Crippen molar-refractivity contribution in [3.05, 3.63) is 144 Å². The lowest BCUT2D eigenvalue weighted by molar-refractivity contribution is -0.148. The summed E-state index contributed by atoms with van der Waals surface area (Å²) in [6, 6.07) is 31.6. The molecule has 5 amide bonds. The van der Waals surface area contributed by atoms with Gasteiger partial charge in [0.15, 0.2) is 0 Å². The monoisotopic (exact) mass is 1060 g/mol. The van der Waals surface area contributed by atoms with Crippen LogP contribution in [0.3, 0.4) is 0 Å². The van der Waals surface area contributed by atoms with E-state index in [2.05, 4.69) is 83.6 Å². The van der Waals surface area contributed by atoms with Gasteiger partial charge in [0.05, 0.1) is 12.3 Å². The summed E-state index contributed by atoms with van der Waals surface area (Å²) in [5, 5.41) is 10.4. The first-order valence-electron chi connectivity index (χ1n) is 26.8. The number of nitrogens with one attached hydrogen (secondary N) is 4. The predicted molar refractivity (Wildman–Crippen MR) is 299 cm³/mol. The fourth-order valence-corrected chi connectivity index (χ4v) is 19.6. The zero-order valence-corrected chi connectivity index (χ0v) is 47.9. The van der Waals surface area contributed by atoms with Crippen molar-refractivity contribution in [1.82, 2.24) is 26.2 Å². The number of esters is 1. The summed E-state index contributed by atoms with van der Waals surface area (Å²) < 4.78 is 12.5. The lowest BCUT2D eigenvalue weighted by Gasteiger charge is -2.57. The molecule has 1 aliphatic heterocycles. The SMILES string of the molecule is CC(C)[C@H](NC(=O)[C@H](C)NC(=O)[C@H](Cc1ccccc1)NC(=O)[C@@H](CC(=O)OCc1ccccc1)Cc1ccccc1)C(=O)N1CCC[C@H]1C(=O)N[C@@H](Cc1ccccc1)C(=O)O[Si](C(C)(C)C)(C(C)(C)C)C(C)(C)C. The number of likely N-dealkylation sites (tertiary alicyclic amines) is 1. The first-order chi connectivity index (χ1) is 35.7. The van der Waals surface area contributed by atoms with Crippen molar-refractivity contribution >= 4 is 49.8 Å². The Morgan fingerprint density at radius 3 is 1.50 bits per heavy atom. The summed E-state index contributed by atoms with van der Waals surface area (Å²) in [7, 11) is -3.05. The molecule has 410 valence electrons. The Balaban J connectivity index is 1.31. The minimum atomic E-state index is -3.05. The molecule has 4 N–H and O–H groups in total. The van der Waals surface area contributed by atoms with Crippen molar-refractivity contribution in [1.29, 1.82) is 0 Å². The highest BCUT2D eigenvalue weighted by molar-refractivity contribution is 6.83. The molecule has 0 aromatic heterocycles. The Kier molecular flexibility index (Phi) is 21.0. The average Bonchev–Trinajstić information content (AvgIpc) is 3.87. The molecule has 1 heterocycles. The van der Waals surface area contributed by atoms with Crippen molar-refractivity contribution in [3.8, 4) is 0 Å². The van der Waals surface area contributed by atoms with Gasteiger partial charge < -0.3 is 35.3 Å². The predicted octanol–water partition coefficient (Wildman–Crippen LogP) is 8.96. The Morgan fingerprint density at radius 1 is 0.566 bits per heavy atom. The summed E-state index contributed by atoms with van der Waals surface area (Å²) in [5.41, 5.74) is 3.19. The quantitative estimate of drug-likeness (QED) is 0.0440. The summed E-state index contributed by atoms with van der Waals surface area (Å²) in [5.74, 6) is -5.21. The lowest BCUT2D eigenvalue weighted by Crippen LogP contribution is -2.64. The molecule has 0 bridgehead atoms. The number of carbonyl (C=O) groups excluding carboxylic acids is 7. The second kappa shape index (κ2) is 26.4. The zero-order chi connectivity index (χ0) is 56.0. The van der Waals surface area contributed by atoms with Gasteiger partial charge in [-0.05, 0) is 69.5 Å². The van der Waals surface area contributed by atoms with Crippen LogP contribution in [0.5, 0.6) is 0 Å². The molecule has 0 unspecified atom stereocenters. The molecule has 4 aromatic rings. The summed E-state index contributed by atoms with van der Waals surface area (Å²) in [6.07, 6.45) is 1.07. The number of ether oxygens (including phenoxy) is 1. The van der Waals surface area contributed by atoms with Crippen LogP contribution in [0.2, 0.25) is 15.1 Å². The smallest absolute Gasteiger partial charge is 0.315 e. The van der Waals surface area contributed by atoms with Crippen LogP contribution in [0, 0.1) is 11.8 Å². The normalized spacial score (nSPS) is 16.1. The van der Waals surface area contributed by atoms with Crippen LogP contribution in [0.15, 0.2) is 121 Å². The summed E-state index contributed by atoms with van der Waals surface area (Å²) >= 11 is 0. The topological polar surface area (TPSA) is 189 Å². The van der Waals surface area contributed by atoms with E-state index in [0.29, 0.717) is 12.8 Å². The van der Waals surface area contributed by atoms with E-state index in [0.717, 1.165) is 22.3 Å². The molecular formula is C61H83N5O9Si. The molecule has 4 aromatic carbocycles. The second-order valence-corrected chi connectivity index (χ2v) is 29.8. The number of benzene rings is 4. The second-order valence-electron chi connectivity index (χ2n) is 23.7. The summed E-state index contributed by atoms with van der Waals surface area (Å²) in [4.78, 5) is 101. The van der Waals surface area contributed by atoms with E-state index in [1.807, 2.05) is 121 Å². The van der Waals surface area contributed by atoms with Crippen LogP contribution in [-0.2, 0) is 68.6 Å². The van der Waals surface area contributed by atoms with Gasteiger partial charge in [0.25, 0.3) is 8.32 Å². The third-order valence-corrected chi connectivity index (χ3v) is 21.2. The third kappa shape index (κ3) is 16.0. The molecule has 76 heavy (non-hydrogen) atoms. The first kappa shape index (κ1) is 60.3. The van der Waals surface area contributed by atoms with Crippen molar-refractivity contribution in [3.63, 3.8) is 0 Å². The van der Waals surface area contributed by atoms with E-state index < -0.39 is 91.8 Å². The van der Waals surface area contributed by atoms with Crippen molar-refractivity contribution in [2.24, 2.45) is 11.8 Å². The molecule has 0 radical (unpaired) electrons. The molecule has 0 aliphatic carbocycles. The Bertz CT molecular complexity index is 2540. The van der Waals surface area contributed by atoms with E-state index in [1.165, 1.54) is 11.8 Å². The lowest BCUT2D eigenvalue weighted by atomic mass is 9.94. The van der Waals surface area contributed by atoms with Crippen molar-refractivity contribution in [2.75, 3.05) is 6.54 Å². The molecule has 5 rings (SSSR count). The van der Waals surface area contributed by atoms with E-state index in [4.69, 9.17) is 9.16 Å². The maximum absolute atomic E-state index is 14.7. The molecule has 6 atom stereocenters. The molecule has 14 nitrogen and oxygen atoms in total. The molecular weight excluding hydrogens is 975 g/mol. The van der Waals surface area contributed by atoms with Gasteiger partial charge in [-0.1, -0.05) is 197 Å². The number of amides is 5. The Labute approximate surface area is 452 Å². The van der Waals surface area contributed by atoms with E-state index in [-0.39, 0.29) is 53.9 Å². The van der Waals surface area contributed by atoms with Gasteiger partial charge in [-0.2, -0.15) is 0 Å². The molecule has 1 fully saturated rings. The number of hydrogen-bond acceptors (Lipinski definition) is 9. The average molecular weight is 1060 g/mol. The molecule has 1 aliphatic rings. The van der Waals surface area contributed by atoms with Gasteiger partial charge in [0.1, 0.15) is 36.8 Å². The van der Waals surface area contributed by atoms with Crippen LogP contribution in [0.1, 0.15) is 125 Å². The van der Waals surface area contributed by atoms with Gasteiger partial charge >= 0.3 is 11.9 Å². The van der Waals surface area contributed by atoms with Crippen LogP contribution in [0.25, 0.3) is 0 Å². The fourth-order valence-electron chi connectivity index (χ4n) is 11.5. The highest BCUT2D eigenvalue weighted by Crippen LogP contribution is 2.62. The van der Waals surface area contributed by atoms with Gasteiger partial charge in [0, 0.05) is 19.4 Å². The largest absolute Gasteiger partial charge is 0.516 e. The highest BCUT2D eigenvalue weighted by Gasteiger charge is 2.65. The summed E-state index contributed by atoms with van der Waals surface area (Å²) in [6.45, 7) is 24.5. The minimum Gasteiger partial charge on any atom is -0.516 e. The van der Waals surface area contributed by atoms with Crippen LogP contribution in [0.4, 0.5) is 0 Å². The standard InChI is InChI=1S/C61H83N5O9Si/c1-41(2)52(57(72)66-35-25-34-50(66)56(71)64-49(38-45-30-21-15-22-31-45)58(73)75-76(59(4,5)6,60(7,8)9)61(10,11)12)65-53(68)42(3)62-55(70)48(37-44-28-19-14-20-29-44)63-54(69)47(36-43-26-17-13-18-27-43)39-51(67)74-40-46-32-23-16-24-33-46/h13-24,26-33,41-42,47-50,52H,25,34-40H2,1-12H3,(H,62,70)(H,63,69)(H,64,71)(H,65,68)/t42-,47+,48-,49-,50-,52-/m0/s1. The van der Waals surface area contributed by atoms with E-state index >= 15 is 0 Å². The third-order valence-electron chi connectivity index (χ3n) is 14.4. The molecule has 15 heteroatoms. The van der Waals surface area contributed by atoms with Crippen LogP contribution in [-0.4, -0.2) is 91.4 Å². The van der Waals surface area contributed by atoms with Crippen LogP contribution >= 0.6 is 0 Å². The number of hydrogen-bond donors (Lipinski definition) is 4. The fraction of sp³-hybridized carbons (Fsp3) is 0.492. The molecule has 1 saturated heterocycles. The molecule has 0 saturated carbocycles. The molecule has 0 spiro atoms. The van der Waals surface area contributed by atoms with Gasteiger partial charge in [0.2, 0.25) is 29.5 Å². The zero-order valence-electron chi connectivity index (χ0n) is 46.9. The van der Waals surface area contributed by atoms with Gasteiger partial charge in [-0.15, -0.1) is 0 Å². The van der Waals surface area contributed by atoms with Crippen molar-refractivity contribution < 1.29 is 42.7 Å². The maximum atomic E-state index is 14.7. The van der Waals surface area contributed by atoms with E-state index in [1.54, 1.807) is 13.8 Å². The number of nitrogens with zero attached hydrogens (tertiary/aromatic N) is 1. The Morgan fingerprint density at radius 2 is 1.03 bits per heavy atom. The van der Waals surface area contributed by atoms with E-state index in [9.17, 15) is 33.6 Å². The Hall–Kier alpha value is -6.61.